The Morgan fingerprint density at radius 1 is 1.03 bits per heavy atom. The minimum atomic E-state index is -0.620. The van der Waals surface area contributed by atoms with Crippen LogP contribution in [0.1, 0.15) is 30.6 Å². The molecule has 0 N–H and O–H groups in total. The Morgan fingerprint density at radius 2 is 1.74 bits per heavy atom. The smallest absolute Gasteiger partial charge is 0.338 e. The molecule has 0 spiro atoms. The molecule has 1 aliphatic rings. The maximum absolute atomic E-state index is 12.7. The van der Waals surface area contributed by atoms with Gasteiger partial charge in [0.1, 0.15) is 6.54 Å². The molecule has 0 saturated heterocycles. The predicted octanol–water partition coefficient (Wildman–Crippen LogP) is 3.03. The van der Waals surface area contributed by atoms with Crippen LogP contribution in [-0.4, -0.2) is 49.9 Å². The van der Waals surface area contributed by atoms with Gasteiger partial charge in [0.25, 0.3) is 5.91 Å². The quantitative estimate of drug-likeness (QED) is 0.607. The Bertz CT molecular complexity index is 957. The summed E-state index contributed by atoms with van der Waals surface area (Å²) in [5.41, 5.74) is 2.79. The topological polar surface area (TPSA) is 88.5 Å². The zero-order valence-corrected chi connectivity index (χ0v) is 17.6. The molecule has 162 valence electrons. The Balaban J connectivity index is 1.61. The number of carbonyl (C=O) groups is 3. The molecule has 3 rings (SSSR count). The van der Waals surface area contributed by atoms with E-state index < -0.39 is 24.5 Å². The first-order chi connectivity index (χ1) is 15.0. The third kappa shape index (κ3) is 5.91. The van der Waals surface area contributed by atoms with E-state index in [0.29, 0.717) is 11.3 Å². The number of carbonyl (C=O) groups excluding carboxylic acids is 3. The van der Waals surface area contributed by atoms with Crippen LogP contribution in [0.4, 0.5) is 11.4 Å². The first-order valence-corrected chi connectivity index (χ1v) is 10.1. The second-order valence-corrected chi connectivity index (χ2v) is 6.95. The number of benzene rings is 2. The van der Waals surface area contributed by atoms with Crippen LogP contribution in [-0.2, 0) is 19.1 Å². The standard InChI is InChI=1S/C23H25N3O5/c1-3-30-22(28)15-25(19-7-5-4-6-8-19)21(27)16-31-23(29)18-9-11-20(12-10-18)26-14-13-17(2)24-26/h4-12H,3,13-16H2,1-2H3. The molecule has 0 aliphatic carbocycles. The van der Waals surface area contributed by atoms with Crippen molar-refractivity contribution in [1.82, 2.24) is 0 Å². The SMILES string of the molecule is CCOC(=O)CN(C(=O)COC(=O)c1ccc(N2CCC(C)=N2)cc1)c1ccccc1. The van der Waals surface area contributed by atoms with Crippen molar-refractivity contribution in [3.63, 3.8) is 0 Å². The van der Waals surface area contributed by atoms with Gasteiger partial charge in [0.2, 0.25) is 0 Å². The van der Waals surface area contributed by atoms with Gasteiger partial charge in [-0.1, -0.05) is 18.2 Å². The molecular formula is C23H25N3O5. The molecule has 8 heteroatoms. The van der Waals surface area contributed by atoms with Crippen LogP contribution < -0.4 is 9.91 Å². The van der Waals surface area contributed by atoms with Crippen molar-refractivity contribution in [2.24, 2.45) is 5.10 Å². The summed E-state index contributed by atoms with van der Waals surface area (Å²) in [5.74, 6) is -1.68. The van der Waals surface area contributed by atoms with Crippen molar-refractivity contribution in [2.75, 3.05) is 36.2 Å². The molecule has 0 unspecified atom stereocenters. The molecule has 1 heterocycles. The molecule has 2 aromatic carbocycles. The fourth-order valence-electron chi connectivity index (χ4n) is 3.09. The van der Waals surface area contributed by atoms with E-state index in [1.54, 1.807) is 61.5 Å². The van der Waals surface area contributed by atoms with Crippen molar-refractivity contribution >= 4 is 34.9 Å². The van der Waals surface area contributed by atoms with E-state index in [9.17, 15) is 14.4 Å². The molecule has 0 aromatic heterocycles. The fraction of sp³-hybridized carbons (Fsp3) is 0.304. The van der Waals surface area contributed by atoms with E-state index in [4.69, 9.17) is 9.47 Å². The summed E-state index contributed by atoms with van der Waals surface area (Å²) in [4.78, 5) is 38.2. The minimum Gasteiger partial charge on any atom is -0.465 e. The normalized spacial score (nSPS) is 12.8. The van der Waals surface area contributed by atoms with E-state index in [1.165, 1.54) is 4.90 Å². The highest BCUT2D eigenvalue weighted by molar-refractivity contribution is 6.00. The zero-order valence-electron chi connectivity index (χ0n) is 17.6. The first kappa shape index (κ1) is 22.0. The molecule has 0 fully saturated rings. The lowest BCUT2D eigenvalue weighted by Crippen LogP contribution is -2.39. The summed E-state index contributed by atoms with van der Waals surface area (Å²) in [6.07, 6.45) is 0.912. The van der Waals surface area contributed by atoms with Crippen LogP contribution in [0.15, 0.2) is 59.7 Å². The number of hydrogen-bond donors (Lipinski definition) is 0. The largest absolute Gasteiger partial charge is 0.465 e. The lowest BCUT2D eigenvalue weighted by molar-refractivity contribution is -0.142. The van der Waals surface area contributed by atoms with Crippen molar-refractivity contribution < 1.29 is 23.9 Å². The number of hydrogen-bond acceptors (Lipinski definition) is 7. The minimum absolute atomic E-state index is 0.211. The highest BCUT2D eigenvalue weighted by Crippen LogP contribution is 2.20. The summed E-state index contributed by atoms with van der Waals surface area (Å²) >= 11 is 0. The van der Waals surface area contributed by atoms with E-state index in [1.807, 2.05) is 11.9 Å². The number of para-hydroxylation sites is 1. The maximum Gasteiger partial charge on any atom is 0.338 e. The lowest BCUT2D eigenvalue weighted by Gasteiger charge is -2.21. The predicted molar refractivity (Wildman–Crippen MR) is 117 cm³/mol. The van der Waals surface area contributed by atoms with Gasteiger partial charge in [-0.15, -0.1) is 0 Å². The highest BCUT2D eigenvalue weighted by atomic mass is 16.5. The molecule has 0 atom stereocenters. The third-order valence-electron chi connectivity index (χ3n) is 4.67. The average Bonchev–Trinajstić information content (AvgIpc) is 3.23. The Labute approximate surface area is 181 Å². The molecule has 31 heavy (non-hydrogen) atoms. The molecule has 0 saturated carbocycles. The Kier molecular flexibility index (Phi) is 7.37. The van der Waals surface area contributed by atoms with Crippen LogP contribution in [0, 0.1) is 0 Å². The summed E-state index contributed by atoms with van der Waals surface area (Å²) in [6, 6.07) is 15.5. The summed E-state index contributed by atoms with van der Waals surface area (Å²) in [5, 5.41) is 6.30. The maximum atomic E-state index is 12.7. The van der Waals surface area contributed by atoms with Gasteiger partial charge in [-0.3, -0.25) is 19.5 Å². The van der Waals surface area contributed by atoms with Crippen molar-refractivity contribution in [1.29, 1.82) is 0 Å². The van der Waals surface area contributed by atoms with Crippen molar-refractivity contribution in [3.05, 3.63) is 60.2 Å². The molecule has 1 aliphatic heterocycles. The lowest BCUT2D eigenvalue weighted by atomic mass is 10.2. The van der Waals surface area contributed by atoms with Gasteiger partial charge < -0.3 is 9.47 Å². The van der Waals surface area contributed by atoms with Gasteiger partial charge in [-0.05, 0) is 50.2 Å². The summed E-state index contributed by atoms with van der Waals surface area (Å²) in [6.45, 7) is 3.92. The number of hydrazone groups is 1. The van der Waals surface area contributed by atoms with E-state index >= 15 is 0 Å². The monoisotopic (exact) mass is 423 g/mol. The number of esters is 2. The molecule has 8 nitrogen and oxygen atoms in total. The van der Waals surface area contributed by atoms with Gasteiger partial charge in [0.05, 0.1) is 17.9 Å². The molecule has 0 radical (unpaired) electrons. The Morgan fingerprint density at radius 3 is 2.35 bits per heavy atom. The second-order valence-electron chi connectivity index (χ2n) is 6.95. The van der Waals surface area contributed by atoms with Gasteiger partial charge in [0.15, 0.2) is 6.61 Å². The number of anilines is 2. The van der Waals surface area contributed by atoms with Crippen molar-refractivity contribution in [3.8, 4) is 0 Å². The average molecular weight is 423 g/mol. The first-order valence-electron chi connectivity index (χ1n) is 10.1. The summed E-state index contributed by atoms with van der Waals surface area (Å²) < 4.78 is 10.1. The molecule has 0 bridgehead atoms. The number of nitrogens with zero attached hydrogens (tertiary/aromatic N) is 3. The van der Waals surface area contributed by atoms with Crippen LogP contribution in [0.3, 0.4) is 0 Å². The van der Waals surface area contributed by atoms with E-state index in [-0.39, 0.29) is 13.2 Å². The number of amides is 1. The molecule has 2 aromatic rings. The molecular weight excluding hydrogens is 398 g/mol. The van der Waals surface area contributed by atoms with Gasteiger partial charge >= 0.3 is 11.9 Å². The number of ether oxygens (including phenoxy) is 2. The fourth-order valence-corrected chi connectivity index (χ4v) is 3.09. The highest BCUT2D eigenvalue weighted by Gasteiger charge is 2.22. The van der Waals surface area contributed by atoms with Crippen molar-refractivity contribution in [2.45, 2.75) is 20.3 Å². The van der Waals surface area contributed by atoms with E-state index in [2.05, 4.69) is 5.10 Å². The van der Waals surface area contributed by atoms with Gasteiger partial charge in [-0.25, -0.2) is 4.79 Å². The Hall–Kier alpha value is -3.68. The zero-order chi connectivity index (χ0) is 22.2. The second kappa shape index (κ2) is 10.4. The van der Waals surface area contributed by atoms with Gasteiger partial charge in [-0.2, -0.15) is 5.10 Å². The van der Waals surface area contributed by atoms with Crippen LogP contribution in [0.5, 0.6) is 0 Å². The molecule has 1 amide bonds. The third-order valence-corrected chi connectivity index (χ3v) is 4.67. The van der Waals surface area contributed by atoms with Crippen LogP contribution in [0.25, 0.3) is 0 Å². The van der Waals surface area contributed by atoms with Crippen LogP contribution >= 0.6 is 0 Å². The van der Waals surface area contributed by atoms with Crippen LogP contribution in [0.2, 0.25) is 0 Å². The number of rotatable bonds is 8. The van der Waals surface area contributed by atoms with Gasteiger partial charge in [0, 0.05) is 24.4 Å². The summed E-state index contributed by atoms with van der Waals surface area (Å²) in [7, 11) is 0. The van der Waals surface area contributed by atoms with E-state index in [0.717, 1.165) is 24.4 Å².